The summed E-state index contributed by atoms with van der Waals surface area (Å²) in [5, 5.41) is 29.7. The van der Waals surface area contributed by atoms with E-state index in [0.717, 1.165) is 31.3 Å². The zero-order valence-electron chi connectivity index (χ0n) is 11.7. The van der Waals surface area contributed by atoms with E-state index in [2.05, 4.69) is 19.9 Å². The van der Waals surface area contributed by atoms with E-state index in [4.69, 9.17) is 0 Å². The first kappa shape index (κ1) is 14.0. The first-order chi connectivity index (χ1) is 8.31. The minimum atomic E-state index is -1.02. The molecular formula is C15H26O3. The van der Waals surface area contributed by atoms with Gasteiger partial charge in [0.2, 0.25) is 0 Å². The van der Waals surface area contributed by atoms with Crippen LogP contribution in [0.15, 0.2) is 11.6 Å². The molecule has 0 radical (unpaired) electrons. The molecular weight excluding hydrogens is 228 g/mol. The fourth-order valence-electron chi connectivity index (χ4n) is 3.70. The summed E-state index contributed by atoms with van der Waals surface area (Å²) in [6.07, 6.45) is 5.28. The van der Waals surface area contributed by atoms with Crippen LogP contribution in [0.25, 0.3) is 0 Å². The number of fused-ring (bicyclic) bond motifs is 1. The highest BCUT2D eigenvalue weighted by Crippen LogP contribution is 2.53. The summed E-state index contributed by atoms with van der Waals surface area (Å²) in [5.41, 5.74) is 0.110. The van der Waals surface area contributed by atoms with E-state index in [1.54, 1.807) is 6.92 Å². The number of rotatable bonds is 2. The van der Waals surface area contributed by atoms with Crippen molar-refractivity contribution in [2.75, 3.05) is 6.61 Å². The van der Waals surface area contributed by atoms with Gasteiger partial charge in [0, 0.05) is 0 Å². The summed E-state index contributed by atoms with van der Waals surface area (Å²) < 4.78 is 0. The van der Waals surface area contributed by atoms with Crippen molar-refractivity contribution in [1.82, 2.24) is 0 Å². The van der Waals surface area contributed by atoms with Gasteiger partial charge in [-0.1, -0.05) is 19.9 Å². The van der Waals surface area contributed by atoms with E-state index in [0.29, 0.717) is 5.92 Å². The summed E-state index contributed by atoms with van der Waals surface area (Å²) in [6, 6.07) is 0. The van der Waals surface area contributed by atoms with Crippen molar-refractivity contribution in [1.29, 1.82) is 0 Å². The number of hydrogen-bond acceptors (Lipinski definition) is 3. The van der Waals surface area contributed by atoms with Crippen molar-refractivity contribution in [2.45, 2.75) is 58.2 Å². The van der Waals surface area contributed by atoms with Gasteiger partial charge in [0.1, 0.15) is 0 Å². The standard InChI is InChI=1S/C15H26O3/c1-10-4-7-13(17)12-6-5-11(8-14(10,12)2)15(3,18)9-16/h6,10-11,13,16-18H,4-5,7-9H2,1-3H3. The van der Waals surface area contributed by atoms with Crippen LogP contribution in [-0.2, 0) is 0 Å². The van der Waals surface area contributed by atoms with Crippen molar-refractivity contribution in [3.63, 3.8) is 0 Å². The Morgan fingerprint density at radius 1 is 1.44 bits per heavy atom. The van der Waals surface area contributed by atoms with Gasteiger partial charge in [-0.15, -0.1) is 0 Å². The molecule has 2 rings (SSSR count). The van der Waals surface area contributed by atoms with E-state index in [1.165, 1.54) is 0 Å². The smallest absolute Gasteiger partial charge is 0.0880 e. The average molecular weight is 254 g/mol. The maximum atomic E-state index is 10.3. The highest BCUT2D eigenvalue weighted by atomic mass is 16.3. The highest BCUT2D eigenvalue weighted by Gasteiger charge is 2.48. The summed E-state index contributed by atoms with van der Waals surface area (Å²) >= 11 is 0. The second-order valence-corrected chi connectivity index (χ2v) is 6.72. The van der Waals surface area contributed by atoms with E-state index in [1.807, 2.05) is 0 Å². The molecule has 0 aromatic heterocycles. The fraction of sp³-hybridized carbons (Fsp3) is 0.867. The Hall–Kier alpha value is -0.380. The molecule has 104 valence electrons. The lowest BCUT2D eigenvalue weighted by Crippen LogP contribution is -2.48. The topological polar surface area (TPSA) is 60.7 Å². The molecule has 0 bridgehead atoms. The maximum Gasteiger partial charge on any atom is 0.0880 e. The zero-order valence-corrected chi connectivity index (χ0v) is 11.7. The van der Waals surface area contributed by atoms with Crippen LogP contribution in [0.4, 0.5) is 0 Å². The largest absolute Gasteiger partial charge is 0.393 e. The predicted octanol–water partition coefficient (Wildman–Crippen LogP) is 1.86. The number of allylic oxidation sites excluding steroid dienone is 1. The molecule has 0 aromatic rings. The molecule has 3 heteroatoms. The molecule has 2 aliphatic carbocycles. The molecule has 2 aliphatic rings. The Labute approximate surface area is 110 Å². The highest BCUT2D eigenvalue weighted by molar-refractivity contribution is 5.25. The van der Waals surface area contributed by atoms with Gasteiger partial charge in [-0.2, -0.15) is 0 Å². The Balaban J connectivity index is 2.29. The van der Waals surface area contributed by atoms with E-state index in [-0.39, 0.29) is 24.0 Å². The Bertz CT molecular complexity index is 348. The molecule has 0 amide bonds. The first-order valence-electron chi connectivity index (χ1n) is 7.03. The molecule has 0 aromatic carbocycles. The quantitative estimate of drug-likeness (QED) is 0.659. The SMILES string of the molecule is CC1CCC(O)C2=CCC(C(C)(O)CO)CC21C. The summed E-state index contributed by atoms with van der Waals surface area (Å²) in [5.74, 6) is 0.591. The molecule has 5 atom stereocenters. The van der Waals surface area contributed by atoms with E-state index >= 15 is 0 Å². The van der Waals surface area contributed by atoms with Gasteiger partial charge in [-0.05, 0) is 55.4 Å². The molecule has 1 saturated carbocycles. The molecule has 3 nitrogen and oxygen atoms in total. The van der Waals surface area contributed by atoms with Gasteiger partial charge < -0.3 is 15.3 Å². The van der Waals surface area contributed by atoms with Crippen LogP contribution in [-0.4, -0.2) is 33.6 Å². The van der Waals surface area contributed by atoms with Gasteiger partial charge in [-0.25, -0.2) is 0 Å². The third kappa shape index (κ3) is 2.13. The zero-order chi connectivity index (χ0) is 13.6. The van der Waals surface area contributed by atoms with Crippen molar-refractivity contribution in [3.05, 3.63) is 11.6 Å². The molecule has 0 heterocycles. The van der Waals surface area contributed by atoms with Crippen molar-refractivity contribution in [3.8, 4) is 0 Å². The van der Waals surface area contributed by atoms with Crippen LogP contribution in [0.3, 0.4) is 0 Å². The predicted molar refractivity (Wildman–Crippen MR) is 71.0 cm³/mol. The van der Waals surface area contributed by atoms with Crippen LogP contribution in [0.5, 0.6) is 0 Å². The lowest BCUT2D eigenvalue weighted by molar-refractivity contribution is -0.0706. The van der Waals surface area contributed by atoms with Gasteiger partial charge in [-0.3, -0.25) is 0 Å². The molecule has 3 N–H and O–H groups in total. The molecule has 0 aliphatic heterocycles. The van der Waals surface area contributed by atoms with E-state index in [9.17, 15) is 15.3 Å². The third-order valence-electron chi connectivity index (χ3n) is 5.47. The average Bonchev–Trinajstić information content (AvgIpc) is 2.34. The second-order valence-electron chi connectivity index (χ2n) is 6.72. The van der Waals surface area contributed by atoms with Crippen LogP contribution < -0.4 is 0 Å². The Kier molecular flexibility index (Phi) is 3.60. The van der Waals surface area contributed by atoms with Gasteiger partial charge in [0.15, 0.2) is 0 Å². The molecule has 0 saturated heterocycles. The van der Waals surface area contributed by atoms with Gasteiger partial charge >= 0.3 is 0 Å². The minimum absolute atomic E-state index is 0.0280. The normalized spacial score (nSPS) is 43.9. The Morgan fingerprint density at radius 2 is 2.11 bits per heavy atom. The van der Waals surface area contributed by atoms with Crippen molar-refractivity contribution < 1.29 is 15.3 Å². The number of aliphatic hydroxyl groups is 3. The lowest BCUT2D eigenvalue weighted by Gasteiger charge is -2.50. The van der Waals surface area contributed by atoms with Gasteiger partial charge in [0.05, 0.1) is 18.3 Å². The maximum absolute atomic E-state index is 10.3. The molecule has 5 unspecified atom stereocenters. The number of aliphatic hydroxyl groups excluding tert-OH is 2. The third-order valence-corrected chi connectivity index (χ3v) is 5.47. The molecule has 0 spiro atoms. The van der Waals surface area contributed by atoms with E-state index < -0.39 is 5.60 Å². The summed E-state index contributed by atoms with van der Waals surface area (Å²) in [7, 11) is 0. The lowest BCUT2D eigenvalue weighted by atomic mass is 9.56. The Morgan fingerprint density at radius 3 is 2.72 bits per heavy atom. The van der Waals surface area contributed by atoms with Crippen LogP contribution in [0, 0.1) is 17.3 Å². The molecule has 18 heavy (non-hydrogen) atoms. The van der Waals surface area contributed by atoms with Crippen LogP contribution in [0.1, 0.15) is 46.5 Å². The van der Waals surface area contributed by atoms with Crippen molar-refractivity contribution >= 4 is 0 Å². The van der Waals surface area contributed by atoms with Crippen LogP contribution >= 0.6 is 0 Å². The minimum Gasteiger partial charge on any atom is -0.393 e. The fourth-order valence-corrected chi connectivity index (χ4v) is 3.70. The first-order valence-corrected chi connectivity index (χ1v) is 7.03. The van der Waals surface area contributed by atoms with Crippen LogP contribution in [0.2, 0.25) is 0 Å². The summed E-state index contributed by atoms with van der Waals surface area (Å²) in [4.78, 5) is 0. The van der Waals surface area contributed by atoms with Crippen molar-refractivity contribution in [2.24, 2.45) is 17.3 Å². The second kappa shape index (κ2) is 4.62. The monoisotopic (exact) mass is 254 g/mol. The number of hydrogen-bond donors (Lipinski definition) is 3. The summed E-state index contributed by atoms with van der Waals surface area (Å²) in [6.45, 7) is 5.94. The molecule has 1 fully saturated rings. The van der Waals surface area contributed by atoms with Gasteiger partial charge in [0.25, 0.3) is 0 Å².